The minimum Gasteiger partial charge on any atom is -0.496 e. The van der Waals surface area contributed by atoms with Crippen molar-refractivity contribution in [1.29, 1.82) is 0 Å². The molecule has 0 N–H and O–H groups in total. The van der Waals surface area contributed by atoms with Crippen LogP contribution in [0.25, 0.3) is 21.2 Å². The maximum atomic E-state index is 8.56. The first-order chi connectivity index (χ1) is 10.7. The van der Waals surface area contributed by atoms with Gasteiger partial charge in [-0.1, -0.05) is 5.11 Å². The number of benzene rings is 2. The van der Waals surface area contributed by atoms with E-state index in [9.17, 15) is 0 Å². The molecule has 0 spiro atoms. The molecule has 0 unspecified atom stereocenters. The van der Waals surface area contributed by atoms with E-state index in [1.54, 1.807) is 46.6 Å². The van der Waals surface area contributed by atoms with Crippen LogP contribution in [0.1, 0.15) is 5.56 Å². The summed E-state index contributed by atoms with van der Waals surface area (Å²) in [6.45, 7) is 0.145. The maximum absolute atomic E-state index is 8.56. The molecule has 2 aromatic carbocycles. The van der Waals surface area contributed by atoms with E-state index < -0.39 is 0 Å². The number of methoxy groups -OCH3 is 4. The molecule has 0 heterocycles. The van der Waals surface area contributed by atoms with Crippen molar-refractivity contribution in [2.75, 3.05) is 28.4 Å². The smallest absolute Gasteiger partial charge is 0.134 e. The summed E-state index contributed by atoms with van der Waals surface area (Å²) in [5.41, 5.74) is 9.26. The summed E-state index contributed by atoms with van der Waals surface area (Å²) < 4.78 is 21.8. The van der Waals surface area contributed by atoms with Gasteiger partial charge in [-0.25, -0.2) is 0 Å². The van der Waals surface area contributed by atoms with Gasteiger partial charge < -0.3 is 18.9 Å². The summed E-state index contributed by atoms with van der Waals surface area (Å²) >= 11 is 0. The van der Waals surface area contributed by atoms with Gasteiger partial charge in [0.05, 0.1) is 45.8 Å². The van der Waals surface area contributed by atoms with Gasteiger partial charge in [0.25, 0.3) is 0 Å². The van der Waals surface area contributed by atoms with Crippen LogP contribution < -0.4 is 18.9 Å². The predicted octanol–water partition coefficient (Wildman–Crippen LogP) is 3.68. The molecule has 0 aliphatic carbocycles. The Labute approximate surface area is 128 Å². The molecular weight excluding hydrogens is 286 g/mol. The lowest BCUT2D eigenvalue weighted by Gasteiger charge is -2.18. The second-order valence-electron chi connectivity index (χ2n) is 4.38. The number of ether oxygens (including phenoxy) is 4. The molecule has 0 aliphatic heterocycles. The van der Waals surface area contributed by atoms with Crippen molar-refractivity contribution >= 4 is 10.8 Å². The largest absolute Gasteiger partial charge is 0.496 e. The number of hydrogen-bond donors (Lipinski definition) is 0. The Balaban J connectivity index is 2.94. The molecule has 22 heavy (non-hydrogen) atoms. The Bertz CT molecular complexity index is 739. The fourth-order valence-electron chi connectivity index (χ4n) is 2.45. The average Bonchev–Trinajstić information content (AvgIpc) is 2.57. The zero-order valence-electron chi connectivity index (χ0n) is 12.9. The van der Waals surface area contributed by atoms with E-state index >= 15 is 0 Å². The van der Waals surface area contributed by atoms with Gasteiger partial charge in [-0.3, -0.25) is 0 Å². The molecule has 2 aromatic rings. The molecule has 0 atom stereocenters. The van der Waals surface area contributed by atoms with Crippen LogP contribution in [-0.4, -0.2) is 28.4 Å². The first-order valence-electron chi connectivity index (χ1n) is 6.51. The first-order valence-corrected chi connectivity index (χ1v) is 6.51. The van der Waals surface area contributed by atoms with Crippen LogP contribution >= 0.6 is 0 Å². The van der Waals surface area contributed by atoms with Crippen LogP contribution in [0.4, 0.5) is 0 Å². The minimum absolute atomic E-state index is 0.145. The van der Waals surface area contributed by atoms with Gasteiger partial charge in [0, 0.05) is 10.5 Å². The van der Waals surface area contributed by atoms with Crippen molar-refractivity contribution in [3.05, 3.63) is 34.2 Å². The van der Waals surface area contributed by atoms with Crippen molar-refractivity contribution in [2.45, 2.75) is 6.54 Å². The van der Waals surface area contributed by atoms with Gasteiger partial charge in [-0.05, 0) is 23.7 Å². The second-order valence-corrected chi connectivity index (χ2v) is 4.38. The number of nitrogens with zero attached hydrogens (tertiary/aromatic N) is 3. The van der Waals surface area contributed by atoms with E-state index in [2.05, 4.69) is 10.0 Å². The molecular formula is C15H17N3O4. The molecule has 0 fully saturated rings. The molecule has 0 aliphatic rings. The van der Waals surface area contributed by atoms with Crippen molar-refractivity contribution < 1.29 is 18.9 Å². The molecule has 0 amide bonds. The average molecular weight is 303 g/mol. The van der Waals surface area contributed by atoms with E-state index in [0.717, 1.165) is 5.39 Å². The number of azide groups is 1. The normalized spacial score (nSPS) is 10.0. The molecule has 0 saturated carbocycles. The highest BCUT2D eigenvalue weighted by atomic mass is 16.5. The van der Waals surface area contributed by atoms with E-state index in [4.69, 9.17) is 24.5 Å². The fourth-order valence-corrected chi connectivity index (χ4v) is 2.45. The number of fused-ring (bicyclic) bond motifs is 1. The second kappa shape index (κ2) is 6.78. The summed E-state index contributed by atoms with van der Waals surface area (Å²) in [4.78, 5) is 2.79. The van der Waals surface area contributed by atoms with Gasteiger partial charge in [0.1, 0.15) is 23.0 Å². The Morgan fingerprint density at radius 3 is 2.00 bits per heavy atom. The van der Waals surface area contributed by atoms with E-state index in [0.29, 0.717) is 33.9 Å². The predicted molar refractivity (Wildman–Crippen MR) is 83.0 cm³/mol. The van der Waals surface area contributed by atoms with Crippen LogP contribution in [0, 0.1) is 0 Å². The minimum atomic E-state index is 0.145. The highest BCUT2D eigenvalue weighted by molar-refractivity contribution is 6.03. The third kappa shape index (κ3) is 2.54. The molecule has 2 rings (SSSR count). The Morgan fingerprint density at radius 1 is 0.909 bits per heavy atom. The van der Waals surface area contributed by atoms with Crippen LogP contribution in [-0.2, 0) is 6.54 Å². The molecule has 0 bridgehead atoms. The van der Waals surface area contributed by atoms with Gasteiger partial charge in [0.15, 0.2) is 0 Å². The van der Waals surface area contributed by atoms with Crippen LogP contribution in [0.3, 0.4) is 0 Å². The summed E-state index contributed by atoms with van der Waals surface area (Å²) in [7, 11) is 6.28. The zero-order chi connectivity index (χ0) is 16.1. The number of hydrogen-bond acceptors (Lipinski definition) is 5. The lowest BCUT2D eigenvalue weighted by molar-refractivity contribution is 0.390. The summed E-state index contributed by atoms with van der Waals surface area (Å²) in [6, 6.07) is 5.37. The van der Waals surface area contributed by atoms with Crippen molar-refractivity contribution in [3.63, 3.8) is 0 Å². The van der Waals surface area contributed by atoms with Crippen LogP contribution in [0.5, 0.6) is 23.0 Å². The quantitative estimate of drug-likeness (QED) is 0.462. The fraction of sp³-hybridized carbons (Fsp3) is 0.333. The van der Waals surface area contributed by atoms with E-state index in [1.165, 1.54) is 0 Å². The van der Waals surface area contributed by atoms with Crippen molar-refractivity contribution in [3.8, 4) is 23.0 Å². The molecule has 0 aromatic heterocycles. The third-order valence-electron chi connectivity index (χ3n) is 3.37. The highest BCUT2D eigenvalue weighted by Crippen LogP contribution is 2.46. The first kappa shape index (κ1) is 15.6. The highest BCUT2D eigenvalue weighted by Gasteiger charge is 2.20. The molecule has 0 saturated heterocycles. The van der Waals surface area contributed by atoms with Crippen LogP contribution in [0.15, 0.2) is 23.3 Å². The standard InChI is InChI=1S/C15H17N3O4/c1-19-10-5-6-11(20-2)14-13(10)12(21-3)7-9(8-17-18-16)15(14)22-4/h5-7H,8H2,1-4H3. The SMILES string of the molecule is COc1ccc(OC)c2c(OC)c(CN=[N+]=[N-])cc(OC)c12. The lowest BCUT2D eigenvalue weighted by atomic mass is 10.0. The number of rotatable bonds is 6. The summed E-state index contributed by atoms with van der Waals surface area (Å²) in [5.74, 6) is 2.42. The van der Waals surface area contributed by atoms with Gasteiger partial charge in [-0.15, -0.1) is 0 Å². The Hall–Kier alpha value is -2.79. The van der Waals surface area contributed by atoms with Crippen molar-refractivity contribution in [1.82, 2.24) is 0 Å². The van der Waals surface area contributed by atoms with E-state index in [1.807, 2.05) is 0 Å². The zero-order valence-corrected chi connectivity index (χ0v) is 12.9. The topological polar surface area (TPSA) is 85.7 Å². The Kier molecular flexibility index (Phi) is 4.80. The monoisotopic (exact) mass is 303 g/mol. The summed E-state index contributed by atoms with van der Waals surface area (Å²) in [6.07, 6.45) is 0. The third-order valence-corrected chi connectivity index (χ3v) is 3.37. The lowest BCUT2D eigenvalue weighted by Crippen LogP contribution is -1.99. The van der Waals surface area contributed by atoms with Gasteiger partial charge >= 0.3 is 0 Å². The van der Waals surface area contributed by atoms with Gasteiger partial charge in [0.2, 0.25) is 0 Å². The molecule has 7 nitrogen and oxygen atoms in total. The maximum Gasteiger partial charge on any atom is 0.134 e. The molecule has 116 valence electrons. The molecule has 0 radical (unpaired) electrons. The van der Waals surface area contributed by atoms with Crippen molar-refractivity contribution in [2.24, 2.45) is 5.11 Å². The van der Waals surface area contributed by atoms with Crippen LogP contribution in [0.2, 0.25) is 0 Å². The van der Waals surface area contributed by atoms with Gasteiger partial charge in [-0.2, -0.15) is 0 Å². The summed E-state index contributed by atoms with van der Waals surface area (Å²) in [5, 5.41) is 5.06. The Morgan fingerprint density at radius 2 is 1.50 bits per heavy atom. The van der Waals surface area contributed by atoms with E-state index in [-0.39, 0.29) is 6.54 Å². The molecule has 7 heteroatoms.